The molecule has 1 unspecified atom stereocenters. The third-order valence-corrected chi connectivity index (χ3v) is 4.85. The molecule has 3 rings (SSSR count). The first-order valence-electron chi connectivity index (χ1n) is 9.42. The van der Waals surface area contributed by atoms with Crippen molar-refractivity contribution in [2.75, 3.05) is 18.5 Å². The van der Waals surface area contributed by atoms with Gasteiger partial charge >= 0.3 is 12.0 Å². The number of nitrogens with zero attached hydrogens (tertiary/aromatic N) is 4. The maximum Gasteiger partial charge on any atom is 0.326 e. The van der Waals surface area contributed by atoms with Gasteiger partial charge in [0.1, 0.15) is 23.7 Å². The van der Waals surface area contributed by atoms with Crippen LogP contribution in [0.25, 0.3) is 5.69 Å². The van der Waals surface area contributed by atoms with E-state index in [0.29, 0.717) is 12.1 Å². The van der Waals surface area contributed by atoms with Crippen molar-refractivity contribution < 1.29 is 23.9 Å². The Balaban J connectivity index is 1.61. The molecule has 11 heteroatoms. The monoisotopic (exact) mass is 424 g/mol. The van der Waals surface area contributed by atoms with E-state index in [2.05, 4.69) is 15.7 Å². The lowest BCUT2D eigenvalue weighted by Crippen LogP contribution is -2.43. The number of carbonyl (C=O) groups is 4. The molecule has 0 saturated carbocycles. The largest absolute Gasteiger partial charge is 0.454 e. The van der Waals surface area contributed by atoms with Gasteiger partial charge in [0, 0.05) is 0 Å². The minimum absolute atomic E-state index is 0.127. The van der Waals surface area contributed by atoms with Crippen molar-refractivity contribution in [1.82, 2.24) is 20.0 Å². The van der Waals surface area contributed by atoms with Crippen LogP contribution >= 0.6 is 0 Å². The van der Waals surface area contributed by atoms with Crippen LogP contribution in [-0.4, -0.2) is 57.2 Å². The predicted molar refractivity (Wildman–Crippen MR) is 107 cm³/mol. The van der Waals surface area contributed by atoms with Gasteiger partial charge in [0.15, 0.2) is 12.4 Å². The third kappa shape index (κ3) is 4.37. The quantitative estimate of drug-likeness (QED) is 0.497. The highest BCUT2D eigenvalue weighted by Crippen LogP contribution is 2.21. The number of hydrogen-bond donors (Lipinski definition) is 2. The van der Waals surface area contributed by atoms with Crippen LogP contribution in [0.3, 0.4) is 0 Å². The Hall–Kier alpha value is -4.20. The van der Waals surface area contributed by atoms with E-state index in [-0.39, 0.29) is 11.4 Å². The van der Waals surface area contributed by atoms with Gasteiger partial charge in [0.05, 0.1) is 11.9 Å². The van der Waals surface area contributed by atoms with Crippen molar-refractivity contribution in [2.45, 2.75) is 25.8 Å². The smallest absolute Gasteiger partial charge is 0.326 e. The Morgan fingerprint density at radius 1 is 1.29 bits per heavy atom. The molecule has 0 aliphatic carbocycles. The zero-order chi connectivity index (χ0) is 22.6. The van der Waals surface area contributed by atoms with E-state index in [1.165, 1.54) is 10.9 Å². The minimum Gasteiger partial charge on any atom is -0.454 e. The summed E-state index contributed by atoms with van der Waals surface area (Å²) in [5, 5.41) is 18.4. The van der Waals surface area contributed by atoms with Crippen LogP contribution in [0.2, 0.25) is 0 Å². The van der Waals surface area contributed by atoms with E-state index in [9.17, 15) is 24.4 Å². The Morgan fingerprint density at radius 2 is 2.00 bits per heavy atom. The Bertz CT molecular complexity index is 1070. The topological polar surface area (TPSA) is 146 Å². The number of hydrogen-bond acceptors (Lipinski definition) is 7. The zero-order valence-electron chi connectivity index (χ0n) is 16.9. The van der Waals surface area contributed by atoms with Crippen LogP contribution in [0.1, 0.15) is 25.8 Å². The first-order valence-corrected chi connectivity index (χ1v) is 9.42. The van der Waals surface area contributed by atoms with Crippen LogP contribution in [0.15, 0.2) is 36.5 Å². The number of nitrogens with one attached hydrogen (secondary N) is 2. The van der Waals surface area contributed by atoms with Crippen LogP contribution < -0.4 is 10.6 Å². The second-order valence-corrected chi connectivity index (χ2v) is 6.98. The summed E-state index contributed by atoms with van der Waals surface area (Å²) >= 11 is 0. The highest BCUT2D eigenvalue weighted by molar-refractivity contribution is 6.08. The van der Waals surface area contributed by atoms with Gasteiger partial charge in [0.2, 0.25) is 0 Å². The minimum atomic E-state index is -1.07. The lowest BCUT2D eigenvalue weighted by molar-refractivity contribution is -0.150. The van der Waals surface area contributed by atoms with E-state index < -0.39 is 42.5 Å². The van der Waals surface area contributed by atoms with E-state index >= 15 is 0 Å². The summed E-state index contributed by atoms with van der Waals surface area (Å²) in [5.74, 6) is -2.04. The molecule has 0 radical (unpaired) electrons. The number of imide groups is 1. The normalized spacial score (nSPS) is 17.8. The molecule has 1 aromatic heterocycles. The summed E-state index contributed by atoms with van der Waals surface area (Å²) in [6.45, 7) is 2.02. The van der Waals surface area contributed by atoms with Gasteiger partial charge in [-0.1, -0.05) is 25.1 Å². The molecule has 1 aromatic carbocycles. The molecule has 2 aromatic rings. The molecule has 31 heavy (non-hydrogen) atoms. The fourth-order valence-electron chi connectivity index (χ4n) is 2.93. The first-order chi connectivity index (χ1) is 14.8. The summed E-state index contributed by atoms with van der Waals surface area (Å²) in [6, 6.07) is 10.1. The Kier molecular flexibility index (Phi) is 6.01. The fraction of sp³-hybridized carbons (Fsp3) is 0.300. The highest BCUT2D eigenvalue weighted by Gasteiger charge is 2.47. The van der Waals surface area contributed by atoms with Gasteiger partial charge in [-0.2, -0.15) is 10.4 Å². The number of aromatic nitrogens is 2. The molecule has 2 N–H and O–H groups in total. The van der Waals surface area contributed by atoms with Gasteiger partial charge in [-0.3, -0.25) is 19.3 Å². The van der Waals surface area contributed by atoms with Crippen LogP contribution in [-0.2, 0) is 19.1 Å². The average Bonchev–Trinajstić information content (AvgIpc) is 3.26. The summed E-state index contributed by atoms with van der Waals surface area (Å²) < 4.78 is 6.27. The molecule has 1 atom stereocenters. The van der Waals surface area contributed by atoms with E-state index in [1.807, 2.05) is 12.1 Å². The number of amides is 4. The van der Waals surface area contributed by atoms with Crippen molar-refractivity contribution in [1.29, 1.82) is 5.26 Å². The molecular weight excluding hydrogens is 404 g/mol. The maximum atomic E-state index is 12.3. The summed E-state index contributed by atoms with van der Waals surface area (Å²) in [7, 11) is 0. The Labute approximate surface area is 177 Å². The number of benzene rings is 1. The van der Waals surface area contributed by atoms with E-state index in [1.54, 1.807) is 38.1 Å². The van der Waals surface area contributed by atoms with Crippen molar-refractivity contribution in [2.24, 2.45) is 0 Å². The number of carbonyl (C=O) groups excluding carboxylic acids is 4. The number of esters is 1. The van der Waals surface area contributed by atoms with Gasteiger partial charge < -0.3 is 15.4 Å². The van der Waals surface area contributed by atoms with Gasteiger partial charge in [-0.05, 0) is 25.5 Å². The number of rotatable bonds is 7. The SMILES string of the molecule is CCC1(C)NC(=O)N(CC(=O)OCC(=O)Nc2c(C#N)cnn2-c2ccccc2)C1=O. The lowest BCUT2D eigenvalue weighted by atomic mass is 9.99. The molecule has 2 heterocycles. The van der Waals surface area contributed by atoms with Gasteiger partial charge in [0.25, 0.3) is 11.8 Å². The van der Waals surface area contributed by atoms with Crippen molar-refractivity contribution in [3.8, 4) is 11.8 Å². The summed E-state index contributed by atoms with van der Waals surface area (Å²) in [4.78, 5) is 49.4. The second kappa shape index (κ2) is 8.66. The second-order valence-electron chi connectivity index (χ2n) is 6.98. The van der Waals surface area contributed by atoms with Crippen molar-refractivity contribution in [3.63, 3.8) is 0 Å². The van der Waals surface area contributed by atoms with Gasteiger partial charge in [-0.15, -0.1) is 0 Å². The lowest BCUT2D eigenvalue weighted by Gasteiger charge is -2.18. The first kappa shape index (κ1) is 21.5. The molecule has 1 fully saturated rings. The molecule has 0 spiro atoms. The van der Waals surface area contributed by atoms with Crippen molar-refractivity contribution in [3.05, 3.63) is 42.1 Å². The molecule has 160 valence electrons. The average molecular weight is 424 g/mol. The van der Waals surface area contributed by atoms with E-state index in [0.717, 1.165) is 4.90 Å². The van der Waals surface area contributed by atoms with E-state index in [4.69, 9.17) is 4.74 Å². The molecule has 4 amide bonds. The molecule has 0 bridgehead atoms. The molecule has 1 aliphatic rings. The van der Waals surface area contributed by atoms with Crippen LogP contribution in [0.5, 0.6) is 0 Å². The number of para-hydroxylation sites is 1. The number of urea groups is 1. The van der Waals surface area contributed by atoms with Crippen LogP contribution in [0, 0.1) is 11.3 Å². The number of ether oxygens (including phenoxy) is 1. The highest BCUT2D eigenvalue weighted by atomic mass is 16.5. The Morgan fingerprint density at radius 3 is 2.61 bits per heavy atom. The standard InChI is InChI=1S/C20H20N6O5/c1-3-20(2)18(29)25(19(30)24-20)11-16(28)31-12-15(27)23-17-13(9-21)10-22-26(17)14-7-5-4-6-8-14/h4-8,10H,3,11-12H2,1-2H3,(H,23,27)(H,24,30). The van der Waals surface area contributed by atoms with Crippen molar-refractivity contribution >= 4 is 29.6 Å². The summed E-state index contributed by atoms with van der Waals surface area (Å²) in [5.41, 5.74) is -0.325. The van der Waals surface area contributed by atoms with Gasteiger partial charge in [-0.25, -0.2) is 9.48 Å². The number of nitriles is 1. The molecule has 1 aliphatic heterocycles. The predicted octanol–water partition coefficient (Wildman–Crippen LogP) is 0.946. The summed E-state index contributed by atoms with van der Waals surface area (Å²) in [6.07, 6.45) is 1.67. The molecule has 11 nitrogen and oxygen atoms in total. The molecular formula is C20H20N6O5. The third-order valence-electron chi connectivity index (χ3n) is 4.85. The number of anilines is 1. The fourth-order valence-corrected chi connectivity index (χ4v) is 2.93. The van der Waals surface area contributed by atoms with Crippen LogP contribution in [0.4, 0.5) is 10.6 Å². The zero-order valence-corrected chi connectivity index (χ0v) is 16.9. The maximum absolute atomic E-state index is 12.3. The molecule has 1 saturated heterocycles.